The zero-order valence-corrected chi connectivity index (χ0v) is 19.4. The molecule has 0 aliphatic carbocycles. The topological polar surface area (TPSA) is 35.9 Å². The zero-order chi connectivity index (χ0) is 21.3. The Hall–Kier alpha value is -2.15. The summed E-state index contributed by atoms with van der Waals surface area (Å²) < 4.78 is 0. The number of nitrogens with zero attached hydrogens (tertiary/aromatic N) is 3. The van der Waals surface area contributed by atoms with Crippen LogP contribution in [0.1, 0.15) is 19.4 Å². The highest BCUT2D eigenvalue weighted by atomic mass is 35.5. The molecule has 7 heteroatoms. The maximum absolute atomic E-state index is 12.9. The first-order valence-corrected chi connectivity index (χ1v) is 11.8. The quantitative estimate of drug-likeness (QED) is 0.487. The number of thioether (sulfide) groups is 2. The minimum absolute atomic E-state index is 0.00158. The second-order valence-corrected chi connectivity index (χ2v) is 9.33. The lowest BCUT2D eigenvalue weighted by Crippen LogP contribution is -2.28. The molecule has 1 fully saturated rings. The Bertz CT molecular complexity index is 1090. The molecule has 1 amide bonds. The lowest BCUT2D eigenvalue weighted by atomic mass is 10.2. The third-order valence-electron chi connectivity index (χ3n) is 4.92. The Labute approximate surface area is 190 Å². The van der Waals surface area contributed by atoms with Crippen molar-refractivity contribution in [2.24, 2.45) is 4.99 Å². The number of likely N-dealkylation sites (N-methyl/N-ethyl adjacent to an activating group) is 1. The molecule has 2 aromatic carbocycles. The molecule has 0 unspecified atom stereocenters. The number of allylic oxidation sites excluding steroid dienone is 2. The monoisotopic (exact) mass is 455 g/mol. The van der Waals surface area contributed by atoms with E-state index in [-0.39, 0.29) is 5.91 Å². The van der Waals surface area contributed by atoms with Crippen molar-refractivity contribution in [2.75, 3.05) is 18.0 Å². The molecular weight excluding hydrogens is 434 g/mol. The molecule has 4 rings (SSSR count). The maximum atomic E-state index is 12.9. The second kappa shape index (κ2) is 8.92. The predicted molar refractivity (Wildman–Crippen MR) is 130 cm³/mol. The first-order valence-electron chi connectivity index (χ1n) is 9.82. The van der Waals surface area contributed by atoms with Gasteiger partial charge < -0.3 is 4.90 Å². The molecule has 2 heterocycles. The third kappa shape index (κ3) is 4.04. The maximum Gasteiger partial charge on any atom is 0.266 e. The van der Waals surface area contributed by atoms with Gasteiger partial charge in [0.2, 0.25) is 0 Å². The molecule has 0 N–H and O–H groups in total. The molecule has 2 aromatic rings. The summed E-state index contributed by atoms with van der Waals surface area (Å²) >= 11 is 9.31. The second-order valence-electron chi connectivity index (χ2n) is 6.83. The van der Waals surface area contributed by atoms with Crippen LogP contribution in [0.15, 0.2) is 74.4 Å². The van der Waals surface area contributed by atoms with Gasteiger partial charge in [0.25, 0.3) is 5.91 Å². The number of halogens is 1. The Balaban J connectivity index is 1.63. The van der Waals surface area contributed by atoms with E-state index >= 15 is 0 Å². The van der Waals surface area contributed by atoms with Crippen molar-refractivity contribution in [1.82, 2.24) is 4.90 Å². The Kier molecular flexibility index (Phi) is 6.27. The molecular formula is C23H22ClN3OS2. The number of amidine groups is 1. The van der Waals surface area contributed by atoms with Gasteiger partial charge in [0.1, 0.15) is 0 Å². The average Bonchev–Trinajstić information content (AvgIpc) is 3.23. The SMILES string of the molecule is CCN1C(=O)/C(=C\C=C2\Sc3ccc(Cl)cc3N2CC)SC1=Nc1ccccc1C. The Morgan fingerprint density at radius 1 is 1.03 bits per heavy atom. The fraction of sp³-hybridized carbons (Fsp3) is 0.217. The molecule has 0 aromatic heterocycles. The number of aryl methyl sites for hydroxylation is 1. The number of hydrogen-bond acceptors (Lipinski definition) is 5. The minimum atomic E-state index is -0.00158. The van der Waals surface area contributed by atoms with Crippen LogP contribution in [0.2, 0.25) is 5.02 Å². The van der Waals surface area contributed by atoms with E-state index in [1.54, 1.807) is 16.7 Å². The average molecular weight is 456 g/mol. The van der Waals surface area contributed by atoms with Gasteiger partial charge >= 0.3 is 0 Å². The zero-order valence-electron chi connectivity index (χ0n) is 17.1. The highest BCUT2D eigenvalue weighted by Crippen LogP contribution is 2.47. The van der Waals surface area contributed by atoms with E-state index in [1.807, 2.05) is 68.5 Å². The van der Waals surface area contributed by atoms with Crippen molar-refractivity contribution in [1.29, 1.82) is 0 Å². The van der Waals surface area contributed by atoms with Gasteiger partial charge in [-0.25, -0.2) is 4.99 Å². The fourth-order valence-corrected chi connectivity index (χ4v) is 5.62. The first kappa shape index (κ1) is 21.1. The van der Waals surface area contributed by atoms with Crippen molar-refractivity contribution in [3.63, 3.8) is 0 Å². The van der Waals surface area contributed by atoms with Gasteiger partial charge in [0.05, 0.1) is 21.3 Å². The lowest BCUT2D eigenvalue weighted by molar-refractivity contribution is -0.122. The molecule has 2 aliphatic heterocycles. The fourth-order valence-electron chi connectivity index (χ4n) is 3.35. The van der Waals surface area contributed by atoms with Crippen LogP contribution < -0.4 is 4.90 Å². The highest BCUT2D eigenvalue weighted by Gasteiger charge is 2.32. The van der Waals surface area contributed by atoms with Crippen LogP contribution in [0.4, 0.5) is 11.4 Å². The largest absolute Gasteiger partial charge is 0.335 e. The smallest absolute Gasteiger partial charge is 0.266 e. The van der Waals surface area contributed by atoms with Crippen LogP contribution in [-0.4, -0.2) is 29.1 Å². The first-order chi connectivity index (χ1) is 14.5. The Morgan fingerprint density at radius 2 is 1.80 bits per heavy atom. The number of benzene rings is 2. The van der Waals surface area contributed by atoms with E-state index in [1.165, 1.54) is 16.7 Å². The number of carbonyl (C=O) groups excluding carboxylic acids is 1. The van der Waals surface area contributed by atoms with E-state index in [4.69, 9.17) is 16.6 Å². The molecule has 4 nitrogen and oxygen atoms in total. The number of aliphatic imine (C=N–C) groups is 1. The minimum Gasteiger partial charge on any atom is -0.335 e. The van der Waals surface area contributed by atoms with Gasteiger partial charge in [0.15, 0.2) is 5.17 Å². The number of amides is 1. The van der Waals surface area contributed by atoms with E-state index in [9.17, 15) is 4.79 Å². The molecule has 30 heavy (non-hydrogen) atoms. The summed E-state index contributed by atoms with van der Waals surface area (Å²) in [5.41, 5.74) is 3.09. The number of fused-ring (bicyclic) bond motifs is 1. The molecule has 154 valence electrons. The molecule has 2 aliphatic rings. The third-order valence-corrected chi connectivity index (χ3v) is 7.31. The Morgan fingerprint density at radius 3 is 2.53 bits per heavy atom. The van der Waals surface area contributed by atoms with Gasteiger partial charge in [-0.3, -0.25) is 9.69 Å². The molecule has 0 spiro atoms. The van der Waals surface area contributed by atoms with Crippen molar-refractivity contribution >= 4 is 57.6 Å². The lowest BCUT2D eigenvalue weighted by Gasteiger charge is -2.17. The van der Waals surface area contributed by atoms with E-state index < -0.39 is 0 Å². The number of carbonyl (C=O) groups is 1. The molecule has 0 bridgehead atoms. The van der Waals surface area contributed by atoms with Crippen LogP contribution >= 0.6 is 35.1 Å². The number of rotatable bonds is 4. The van der Waals surface area contributed by atoms with E-state index in [2.05, 4.69) is 11.8 Å². The summed E-state index contributed by atoms with van der Waals surface area (Å²) in [6.07, 6.45) is 3.93. The summed E-state index contributed by atoms with van der Waals surface area (Å²) in [4.78, 5) is 23.5. The summed E-state index contributed by atoms with van der Waals surface area (Å²) in [6, 6.07) is 13.9. The van der Waals surface area contributed by atoms with Gasteiger partial charge in [0, 0.05) is 23.0 Å². The number of anilines is 1. The van der Waals surface area contributed by atoms with Crippen molar-refractivity contribution < 1.29 is 4.79 Å². The van der Waals surface area contributed by atoms with Crippen molar-refractivity contribution in [2.45, 2.75) is 25.7 Å². The number of hydrogen-bond donors (Lipinski definition) is 0. The van der Waals surface area contributed by atoms with Crippen molar-refractivity contribution in [3.8, 4) is 0 Å². The standard InChI is InChI=1S/C23H22ClN3OS2/c1-4-26-18-14-16(24)10-11-19(18)29-21(26)13-12-20-22(28)27(5-2)23(30-20)25-17-9-7-6-8-15(17)3/h6-14H,4-5H2,1-3H3/b20-12+,21-13+,25-23?. The van der Waals surface area contributed by atoms with Crippen molar-refractivity contribution in [3.05, 3.63) is 75.1 Å². The van der Waals surface area contributed by atoms with Crippen LogP contribution in [0.25, 0.3) is 0 Å². The van der Waals surface area contributed by atoms with E-state index in [0.29, 0.717) is 11.4 Å². The molecule has 0 radical (unpaired) electrons. The van der Waals surface area contributed by atoms with Gasteiger partial charge in [-0.15, -0.1) is 0 Å². The van der Waals surface area contributed by atoms with Gasteiger partial charge in [-0.05, 0) is 74.5 Å². The van der Waals surface area contributed by atoms with Gasteiger partial charge in [-0.1, -0.05) is 41.6 Å². The van der Waals surface area contributed by atoms with E-state index in [0.717, 1.165) is 38.7 Å². The number of para-hydroxylation sites is 1. The van der Waals surface area contributed by atoms with Crippen LogP contribution in [0.5, 0.6) is 0 Å². The van der Waals surface area contributed by atoms with Crippen LogP contribution in [0.3, 0.4) is 0 Å². The summed E-state index contributed by atoms with van der Waals surface area (Å²) in [5.74, 6) is -0.00158. The van der Waals surface area contributed by atoms with Crippen LogP contribution in [-0.2, 0) is 4.79 Å². The molecule has 0 saturated carbocycles. The normalized spacial score (nSPS) is 20.1. The summed E-state index contributed by atoms with van der Waals surface area (Å²) in [7, 11) is 0. The molecule has 1 saturated heterocycles. The summed E-state index contributed by atoms with van der Waals surface area (Å²) in [5, 5.41) is 2.54. The molecule has 0 atom stereocenters. The summed E-state index contributed by atoms with van der Waals surface area (Å²) in [6.45, 7) is 7.53. The van der Waals surface area contributed by atoms with Crippen LogP contribution in [0, 0.1) is 6.92 Å². The highest BCUT2D eigenvalue weighted by molar-refractivity contribution is 8.18. The predicted octanol–water partition coefficient (Wildman–Crippen LogP) is 6.59. The van der Waals surface area contributed by atoms with Gasteiger partial charge in [-0.2, -0.15) is 0 Å².